The number of carbonyl (C=O) groups is 1. The Balaban J connectivity index is 1.65. The summed E-state index contributed by atoms with van der Waals surface area (Å²) in [4.78, 5) is 16.8. The first kappa shape index (κ1) is 13.4. The fourth-order valence-corrected chi connectivity index (χ4v) is 2.97. The minimum atomic E-state index is 0.0878. The molecular weight excluding hydrogens is 328 g/mol. The Morgan fingerprint density at radius 1 is 1.21 bits per heavy atom. The number of amides is 1. The van der Waals surface area contributed by atoms with Gasteiger partial charge in [0.05, 0.1) is 5.02 Å². The van der Waals surface area contributed by atoms with Gasteiger partial charge in [0.25, 0.3) is 5.91 Å². The number of nitrogens with zero attached hydrogens (tertiary/aromatic N) is 2. The van der Waals surface area contributed by atoms with Gasteiger partial charge in [-0.3, -0.25) is 9.69 Å². The molecule has 5 heteroatoms. The van der Waals surface area contributed by atoms with E-state index in [1.54, 1.807) is 6.07 Å². The summed E-state index contributed by atoms with van der Waals surface area (Å²) in [7, 11) is 0. The number of piperazine rings is 1. The van der Waals surface area contributed by atoms with Crippen molar-refractivity contribution in [1.29, 1.82) is 0 Å². The molecule has 0 aromatic heterocycles. The van der Waals surface area contributed by atoms with Crippen LogP contribution in [0.5, 0.6) is 0 Å². The van der Waals surface area contributed by atoms with Crippen LogP contribution in [0.1, 0.15) is 23.2 Å². The molecule has 1 amide bonds. The van der Waals surface area contributed by atoms with E-state index in [1.807, 2.05) is 17.0 Å². The van der Waals surface area contributed by atoms with Gasteiger partial charge in [-0.2, -0.15) is 0 Å². The molecule has 1 saturated heterocycles. The lowest BCUT2D eigenvalue weighted by molar-refractivity contribution is 0.0627. The molecule has 1 aromatic carbocycles. The fraction of sp³-hybridized carbons (Fsp3) is 0.500. The van der Waals surface area contributed by atoms with Crippen LogP contribution in [0.2, 0.25) is 5.02 Å². The first-order valence-electron chi connectivity index (χ1n) is 6.63. The molecule has 19 heavy (non-hydrogen) atoms. The topological polar surface area (TPSA) is 23.6 Å². The van der Waals surface area contributed by atoms with Gasteiger partial charge in [-0.05, 0) is 47.0 Å². The SMILES string of the molecule is O=C(c1ccc(Br)c(Cl)c1)N1CCN(C2CC2)CC1. The number of benzene rings is 1. The highest BCUT2D eigenvalue weighted by atomic mass is 79.9. The summed E-state index contributed by atoms with van der Waals surface area (Å²) < 4.78 is 0.823. The van der Waals surface area contributed by atoms with Crippen molar-refractivity contribution in [2.75, 3.05) is 26.2 Å². The predicted molar refractivity (Wildman–Crippen MR) is 79.7 cm³/mol. The Hall–Kier alpha value is -0.580. The number of hydrogen-bond donors (Lipinski definition) is 0. The van der Waals surface area contributed by atoms with Crippen molar-refractivity contribution >= 4 is 33.4 Å². The van der Waals surface area contributed by atoms with E-state index in [0.29, 0.717) is 10.6 Å². The predicted octanol–water partition coefficient (Wildman–Crippen LogP) is 3.02. The molecule has 1 aromatic rings. The zero-order valence-corrected chi connectivity index (χ0v) is 13.0. The molecule has 102 valence electrons. The smallest absolute Gasteiger partial charge is 0.253 e. The molecule has 0 radical (unpaired) electrons. The molecule has 0 spiro atoms. The molecule has 1 aliphatic carbocycles. The number of carbonyl (C=O) groups excluding carboxylic acids is 1. The van der Waals surface area contributed by atoms with Crippen molar-refractivity contribution < 1.29 is 4.79 Å². The molecule has 0 unspecified atom stereocenters. The van der Waals surface area contributed by atoms with Crippen molar-refractivity contribution in [3.63, 3.8) is 0 Å². The second-order valence-corrected chi connectivity index (χ2v) is 6.45. The van der Waals surface area contributed by atoms with E-state index < -0.39 is 0 Å². The molecule has 2 fully saturated rings. The van der Waals surface area contributed by atoms with E-state index in [1.165, 1.54) is 12.8 Å². The van der Waals surface area contributed by atoms with Crippen molar-refractivity contribution in [3.8, 4) is 0 Å². The molecule has 0 atom stereocenters. The van der Waals surface area contributed by atoms with E-state index in [2.05, 4.69) is 20.8 Å². The van der Waals surface area contributed by atoms with Gasteiger partial charge in [-0.15, -0.1) is 0 Å². The summed E-state index contributed by atoms with van der Waals surface area (Å²) in [5, 5.41) is 0.586. The van der Waals surface area contributed by atoms with E-state index in [9.17, 15) is 4.79 Å². The minimum Gasteiger partial charge on any atom is -0.336 e. The molecule has 3 rings (SSSR count). The molecule has 0 bridgehead atoms. The minimum absolute atomic E-state index is 0.0878. The van der Waals surface area contributed by atoms with Gasteiger partial charge in [0, 0.05) is 42.3 Å². The lowest BCUT2D eigenvalue weighted by Gasteiger charge is -2.34. The van der Waals surface area contributed by atoms with Gasteiger partial charge in [-0.25, -0.2) is 0 Å². The van der Waals surface area contributed by atoms with Crippen LogP contribution in [0.15, 0.2) is 22.7 Å². The highest BCUT2D eigenvalue weighted by Gasteiger charge is 2.32. The van der Waals surface area contributed by atoms with Crippen LogP contribution >= 0.6 is 27.5 Å². The van der Waals surface area contributed by atoms with Crippen LogP contribution < -0.4 is 0 Å². The fourth-order valence-electron chi connectivity index (χ4n) is 2.54. The van der Waals surface area contributed by atoms with Gasteiger partial charge in [0.2, 0.25) is 0 Å². The maximum Gasteiger partial charge on any atom is 0.253 e. The zero-order valence-electron chi connectivity index (χ0n) is 10.6. The van der Waals surface area contributed by atoms with Crippen molar-refractivity contribution in [2.45, 2.75) is 18.9 Å². The van der Waals surface area contributed by atoms with E-state index in [0.717, 1.165) is 36.7 Å². The number of rotatable bonds is 2. The normalized spacial score (nSPS) is 20.6. The third kappa shape index (κ3) is 2.96. The van der Waals surface area contributed by atoms with Crippen LogP contribution in [-0.4, -0.2) is 47.9 Å². The zero-order chi connectivity index (χ0) is 13.4. The number of hydrogen-bond acceptors (Lipinski definition) is 2. The van der Waals surface area contributed by atoms with Crippen LogP contribution in [0.4, 0.5) is 0 Å². The number of halogens is 2. The second-order valence-electron chi connectivity index (χ2n) is 5.19. The van der Waals surface area contributed by atoms with Crippen molar-refractivity contribution in [1.82, 2.24) is 9.80 Å². The third-order valence-corrected chi connectivity index (χ3v) is 5.06. The molecular formula is C14H16BrClN2O. The maximum atomic E-state index is 12.4. The van der Waals surface area contributed by atoms with Gasteiger partial charge in [-0.1, -0.05) is 11.6 Å². The summed E-state index contributed by atoms with van der Waals surface area (Å²) in [5.74, 6) is 0.0878. The van der Waals surface area contributed by atoms with Crippen LogP contribution in [-0.2, 0) is 0 Å². The summed E-state index contributed by atoms with van der Waals surface area (Å²) >= 11 is 9.39. The quantitative estimate of drug-likeness (QED) is 0.824. The van der Waals surface area contributed by atoms with Crippen LogP contribution in [0.25, 0.3) is 0 Å². The molecule has 1 heterocycles. The Kier molecular flexibility index (Phi) is 3.83. The Bertz CT molecular complexity index is 496. The highest BCUT2D eigenvalue weighted by molar-refractivity contribution is 9.10. The first-order chi connectivity index (χ1) is 9.15. The van der Waals surface area contributed by atoms with E-state index in [-0.39, 0.29) is 5.91 Å². The lowest BCUT2D eigenvalue weighted by atomic mass is 10.2. The van der Waals surface area contributed by atoms with Crippen molar-refractivity contribution in [2.24, 2.45) is 0 Å². The van der Waals surface area contributed by atoms with Gasteiger partial charge in [0.1, 0.15) is 0 Å². The van der Waals surface area contributed by atoms with E-state index >= 15 is 0 Å². The standard InChI is InChI=1S/C14H16BrClN2O/c15-12-4-1-10(9-13(12)16)14(19)18-7-5-17(6-8-18)11-2-3-11/h1,4,9,11H,2-3,5-8H2. The molecule has 2 aliphatic rings. The first-order valence-corrected chi connectivity index (χ1v) is 7.80. The Morgan fingerprint density at radius 3 is 2.47 bits per heavy atom. The average Bonchev–Trinajstić information content (AvgIpc) is 3.26. The molecule has 1 saturated carbocycles. The Labute approximate surface area is 126 Å². The maximum absolute atomic E-state index is 12.4. The second kappa shape index (κ2) is 5.43. The van der Waals surface area contributed by atoms with Gasteiger partial charge in [0.15, 0.2) is 0 Å². The summed E-state index contributed by atoms with van der Waals surface area (Å²) in [6.07, 6.45) is 2.66. The summed E-state index contributed by atoms with van der Waals surface area (Å²) in [5.41, 5.74) is 0.674. The third-order valence-electron chi connectivity index (χ3n) is 3.83. The summed E-state index contributed by atoms with van der Waals surface area (Å²) in [6.45, 7) is 3.65. The van der Waals surface area contributed by atoms with Crippen molar-refractivity contribution in [3.05, 3.63) is 33.3 Å². The van der Waals surface area contributed by atoms with Gasteiger partial charge >= 0.3 is 0 Å². The van der Waals surface area contributed by atoms with Crippen LogP contribution in [0.3, 0.4) is 0 Å². The van der Waals surface area contributed by atoms with Gasteiger partial charge < -0.3 is 4.90 Å². The monoisotopic (exact) mass is 342 g/mol. The average molecular weight is 344 g/mol. The van der Waals surface area contributed by atoms with E-state index in [4.69, 9.17) is 11.6 Å². The largest absolute Gasteiger partial charge is 0.336 e. The summed E-state index contributed by atoms with van der Waals surface area (Å²) in [6, 6.07) is 6.18. The molecule has 3 nitrogen and oxygen atoms in total. The lowest BCUT2D eigenvalue weighted by Crippen LogP contribution is -2.49. The molecule has 0 N–H and O–H groups in total. The molecule has 1 aliphatic heterocycles. The van der Waals surface area contributed by atoms with Crippen LogP contribution in [0, 0.1) is 0 Å². The highest BCUT2D eigenvalue weighted by Crippen LogP contribution is 2.28. The Morgan fingerprint density at radius 2 is 1.89 bits per heavy atom.